The molecule has 2 N–H and O–H groups in total. The van der Waals surface area contributed by atoms with Gasteiger partial charge >= 0.3 is 0 Å². The number of amides is 1. The van der Waals surface area contributed by atoms with Crippen LogP contribution in [-0.4, -0.2) is 33.5 Å². The van der Waals surface area contributed by atoms with E-state index in [4.69, 9.17) is 16.3 Å². The maximum Gasteiger partial charge on any atom is 0.258 e. The number of carbonyl (C=O) groups is 1. The number of rotatable bonds is 11. The van der Waals surface area contributed by atoms with Gasteiger partial charge in [0.25, 0.3) is 5.91 Å². The smallest absolute Gasteiger partial charge is 0.258 e. The van der Waals surface area contributed by atoms with E-state index in [1.807, 2.05) is 39.0 Å². The molecule has 0 aliphatic heterocycles. The highest BCUT2D eigenvalue weighted by atomic mass is 35.5. The second-order valence-electron chi connectivity index (χ2n) is 7.62. The van der Waals surface area contributed by atoms with Gasteiger partial charge < -0.3 is 10.1 Å². The molecule has 164 valence electrons. The minimum atomic E-state index is -3.64. The van der Waals surface area contributed by atoms with Crippen LogP contribution < -0.4 is 14.8 Å². The highest BCUT2D eigenvalue weighted by molar-refractivity contribution is 7.89. The van der Waals surface area contributed by atoms with E-state index < -0.39 is 10.0 Å². The first-order valence-corrected chi connectivity index (χ1v) is 11.8. The number of nitrogens with one attached hydrogen (secondary N) is 2. The zero-order valence-corrected chi connectivity index (χ0v) is 19.1. The minimum Gasteiger partial charge on any atom is -0.482 e. The summed E-state index contributed by atoms with van der Waals surface area (Å²) in [6.07, 6.45) is 1.68. The average molecular weight is 453 g/mol. The fraction of sp³-hybridized carbons (Fsp3) is 0.409. The van der Waals surface area contributed by atoms with E-state index in [1.165, 1.54) is 23.8 Å². The molecular formula is C22H29ClN2O4S. The molecule has 0 saturated heterocycles. The lowest BCUT2D eigenvalue weighted by molar-refractivity contribution is -0.123. The molecule has 2 aromatic rings. The van der Waals surface area contributed by atoms with Crippen LogP contribution in [0.3, 0.4) is 0 Å². The summed E-state index contributed by atoms with van der Waals surface area (Å²) in [5, 5.41) is 3.02. The predicted molar refractivity (Wildman–Crippen MR) is 119 cm³/mol. The summed E-state index contributed by atoms with van der Waals surface area (Å²) in [5.41, 5.74) is 1.22. The summed E-state index contributed by atoms with van der Waals surface area (Å²) in [5.74, 6) is 0.181. The van der Waals surface area contributed by atoms with Gasteiger partial charge in [-0.1, -0.05) is 55.8 Å². The van der Waals surface area contributed by atoms with Crippen molar-refractivity contribution in [1.82, 2.24) is 10.0 Å². The van der Waals surface area contributed by atoms with Gasteiger partial charge in [0.2, 0.25) is 10.0 Å². The highest BCUT2D eigenvalue weighted by Gasteiger charge is 2.17. The number of carbonyl (C=O) groups excluding carboxylic acids is 1. The van der Waals surface area contributed by atoms with Crippen LogP contribution in [0.25, 0.3) is 0 Å². The first-order valence-electron chi connectivity index (χ1n) is 9.92. The van der Waals surface area contributed by atoms with Gasteiger partial charge in [-0.3, -0.25) is 4.79 Å². The third-order valence-corrected chi connectivity index (χ3v) is 6.09. The van der Waals surface area contributed by atoms with Crippen molar-refractivity contribution in [2.75, 3.05) is 13.2 Å². The van der Waals surface area contributed by atoms with E-state index in [2.05, 4.69) is 22.2 Å². The van der Waals surface area contributed by atoms with Crippen LogP contribution in [0.1, 0.15) is 32.8 Å². The van der Waals surface area contributed by atoms with Gasteiger partial charge in [-0.15, -0.1) is 0 Å². The number of hydrogen-bond acceptors (Lipinski definition) is 4. The lowest BCUT2D eigenvalue weighted by atomic mass is 10.1. The number of halogens is 1. The van der Waals surface area contributed by atoms with Crippen molar-refractivity contribution < 1.29 is 17.9 Å². The molecule has 0 spiro atoms. The lowest BCUT2D eigenvalue weighted by Gasteiger charge is -2.15. The van der Waals surface area contributed by atoms with Gasteiger partial charge in [0.15, 0.2) is 6.61 Å². The molecule has 0 saturated carbocycles. The van der Waals surface area contributed by atoms with E-state index in [9.17, 15) is 13.2 Å². The van der Waals surface area contributed by atoms with Crippen LogP contribution in [0.4, 0.5) is 0 Å². The van der Waals surface area contributed by atoms with Crippen molar-refractivity contribution in [1.29, 1.82) is 0 Å². The normalized spacial score (nSPS) is 12.6. The summed E-state index contributed by atoms with van der Waals surface area (Å²) < 4.78 is 32.5. The first-order chi connectivity index (χ1) is 14.2. The van der Waals surface area contributed by atoms with Crippen LogP contribution in [0, 0.1) is 5.92 Å². The number of hydrogen-bond donors (Lipinski definition) is 2. The standard InChI is InChI=1S/C22H29ClN2O4S/c1-16(2)14-24-30(27,28)19-11-12-21(20(23)13-19)29-15-22(26)25-17(3)9-10-18-7-5-4-6-8-18/h4-8,11-13,16-17,24H,9-10,14-15H2,1-3H3,(H,25,26)/t17-/m0/s1. The fourth-order valence-electron chi connectivity index (χ4n) is 2.69. The molecule has 0 aliphatic rings. The Morgan fingerprint density at radius 1 is 1.10 bits per heavy atom. The maximum atomic E-state index is 12.3. The molecule has 0 unspecified atom stereocenters. The fourth-order valence-corrected chi connectivity index (χ4v) is 4.22. The van der Waals surface area contributed by atoms with Gasteiger partial charge in [0, 0.05) is 12.6 Å². The second kappa shape index (κ2) is 11.3. The van der Waals surface area contributed by atoms with Crippen molar-refractivity contribution in [3.63, 3.8) is 0 Å². The number of aryl methyl sites for hydroxylation is 1. The minimum absolute atomic E-state index is 0.00340. The topological polar surface area (TPSA) is 84.5 Å². The molecule has 8 heteroatoms. The number of ether oxygens (including phenoxy) is 1. The predicted octanol–water partition coefficient (Wildman–Crippen LogP) is 3.79. The summed E-state index contributed by atoms with van der Waals surface area (Å²) in [4.78, 5) is 12.2. The van der Waals surface area contributed by atoms with Crippen molar-refractivity contribution in [3.8, 4) is 5.75 Å². The van der Waals surface area contributed by atoms with E-state index in [1.54, 1.807) is 0 Å². The van der Waals surface area contributed by atoms with E-state index in [0.29, 0.717) is 6.54 Å². The molecule has 1 atom stereocenters. The van der Waals surface area contributed by atoms with Crippen molar-refractivity contribution in [2.45, 2.75) is 44.6 Å². The Kier molecular flexibility index (Phi) is 9.14. The monoisotopic (exact) mass is 452 g/mol. The maximum absolute atomic E-state index is 12.3. The highest BCUT2D eigenvalue weighted by Crippen LogP contribution is 2.27. The average Bonchev–Trinajstić information content (AvgIpc) is 2.70. The molecule has 0 aliphatic carbocycles. The summed E-state index contributed by atoms with van der Waals surface area (Å²) in [7, 11) is -3.64. The van der Waals surface area contributed by atoms with Crippen LogP contribution >= 0.6 is 11.6 Å². The van der Waals surface area contributed by atoms with Gasteiger partial charge in [0.05, 0.1) is 9.92 Å². The molecule has 1 amide bonds. The molecule has 0 radical (unpaired) electrons. The number of benzene rings is 2. The van der Waals surface area contributed by atoms with E-state index in [-0.39, 0.29) is 40.1 Å². The molecular weight excluding hydrogens is 424 g/mol. The van der Waals surface area contributed by atoms with Gasteiger partial charge in [-0.25, -0.2) is 13.1 Å². The third kappa shape index (κ3) is 7.97. The quantitative estimate of drug-likeness (QED) is 0.543. The molecule has 30 heavy (non-hydrogen) atoms. The van der Waals surface area contributed by atoms with Crippen molar-refractivity contribution >= 4 is 27.5 Å². The van der Waals surface area contributed by atoms with Crippen LogP contribution in [0.5, 0.6) is 5.75 Å². The Bertz CT molecular complexity index is 933. The molecule has 0 bridgehead atoms. The number of sulfonamides is 1. The van der Waals surface area contributed by atoms with Crippen molar-refractivity contribution in [2.24, 2.45) is 5.92 Å². The lowest BCUT2D eigenvalue weighted by Crippen LogP contribution is -2.36. The van der Waals surface area contributed by atoms with E-state index in [0.717, 1.165) is 12.8 Å². The zero-order chi connectivity index (χ0) is 22.1. The van der Waals surface area contributed by atoms with Crippen LogP contribution in [0.2, 0.25) is 5.02 Å². The third-order valence-electron chi connectivity index (χ3n) is 4.37. The SMILES string of the molecule is CC(C)CNS(=O)(=O)c1ccc(OCC(=O)N[C@@H](C)CCc2ccccc2)c(Cl)c1. The second-order valence-corrected chi connectivity index (χ2v) is 9.79. The molecule has 0 heterocycles. The Morgan fingerprint density at radius 3 is 2.43 bits per heavy atom. The summed E-state index contributed by atoms with van der Waals surface area (Å²) in [6, 6.07) is 14.3. The van der Waals surface area contributed by atoms with Gasteiger partial charge in [0.1, 0.15) is 5.75 Å². The van der Waals surface area contributed by atoms with Crippen LogP contribution in [0.15, 0.2) is 53.4 Å². The Hall–Kier alpha value is -2.09. The van der Waals surface area contributed by atoms with Gasteiger partial charge in [-0.05, 0) is 49.4 Å². The summed E-state index contributed by atoms with van der Waals surface area (Å²) >= 11 is 6.16. The molecule has 2 rings (SSSR count). The molecule has 0 fully saturated rings. The largest absolute Gasteiger partial charge is 0.482 e. The Labute approximate surface area is 184 Å². The Morgan fingerprint density at radius 2 is 1.80 bits per heavy atom. The van der Waals surface area contributed by atoms with Crippen molar-refractivity contribution in [3.05, 3.63) is 59.1 Å². The molecule has 2 aromatic carbocycles. The Balaban J connectivity index is 1.84. The zero-order valence-electron chi connectivity index (χ0n) is 17.5. The molecule has 6 nitrogen and oxygen atoms in total. The first kappa shape index (κ1) is 24.2. The van der Waals surface area contributed by atoms with E-state index >= 15 is 0 Å². The van der Waals surface area contributed by atoms with Gasteiger partial charge in [-0.2, -0.15) is 0 Å². The molecule has 0 aromatic heterocycles. The van der Waals surface area contributed by atoms with Crippen LogP contribution in [-0.2, 0) is 21.2 Å². The summed E-state index contributed by atoms with van der Waals surface area (Å²) in [6.45, 7) is 5.91.